The minimum atomic E-state index is -9.59. The van der Waals surface area contributed by atoms with Crippen molar-refractivity contribution in [2.75, 3.05) is 6.67 Å². The Morgan fingerprint density at radius 1 is 0.282 bits per heavy atom. The van der Waals surface area contributed by atoms with Gasteiger partial charge in [0.05, 0.1) is 0 Å². The Kier molecular flexibility index (Phi) is 8.45. The molecular weight excluding hydrogens is 647 g/mol. The molecule has 39 heavy (non-hydrogen) atoms. The molecule has 26 heteroatoms. The summed E-state index contributed by atoms with van der Waals surface area (Å²) in [6.45, 7) is -4.24. The van der Waals surface area contributed by atoms with Crippen LogP contribution in [0.3, 0.4) is 0 Å². The van der Waals surface area contributed by atoms with Gasteiger partial charge in [0, 0.05) is 0 Å². The average Bonchev–Trinajstić information content (AvgIpc) is 2.71. The molecule has 0 spiro atoms. The summed E-state index contributed by atoms with van der Waals surface area (Å²) in [4.78, 5) is 0. The SMILES string of the molecule is OC(F)(F)C(F)(F)C(F)(F)C(F)(F)C(F)(F)C(F)(F)C(F)(F)C(F)(F)C(F)(F)C(F)(F)C(F)(F)C(F)(F)CF. The predicted octanol–water partition coefficient (Wildman–Crippen LogP) is 7.53. The standard InChI is InChI=1S/C13H3F25O/c14-1-2(15,16)3(17,18)4(19,20)5(21,22)6(23,24)7(25,26)8(27,28)9(29,30)10(31,32)11(33,34)12(35,36)13(37,38)39/h39H,1H2. The van der Waals surface area contributed by atoms with E-state index < -0.39 is 77.9 Å². The monoisotopic (exact) mass is 650 g/mol. The Morgan fingerprint density at radius 3 is 0.590 bits per heavy atom. The number of rotatable bonds is 12. The van der Waals surface area contributed by atoms with Gasteiger partial charge in [0.25, 0.3) is 0 Å². The molecule has 0 aliphatic carbocycles. The summed E-state index contributed by atoms with van der Waals surface area (Å²) in [5, 5.41) is 7.42. The van der Waals surface area contributed by atoms with Crippen LogP contribution in [0.2, 0.25) is 0 Å². The molecule has 0 amide bonds. The zero-order chi connectivity index (χ0) is 32.7. The van der Waals surface area contributed by atoms with E-state index in [1.165, 1.54) is 0 Å². The minimum absolute atomic E-state index is 4.24. The second-order valence-corrected chi connectivity index (χ2v) is 7.12. The van der Waals surface area contributed by atoms with Crippen LogP contribution in [0.4, 0.5) is 110 Å². The molecule has 1 N–H and O–H groups in total. The van der Waals surface area contributed by atoms with Crippen molar-refractivity contribution >= 4 is 0 Å². The summed E-state index contributed by atoms with van der Waals surface area (Å²) in [5.41, 5.74) is 0. The normalized spacial score (nSPS) is 17.1. The van der Waals surface area contributed by atoms with Crippen LogP contribution in [0.25, 0.3) is 0 Å². The van der Waals surface area contributed by atoms with Crippen LogP contribution in [0.15, 0.2) is 0 Å². The summed E-state index contributed by atoms with van der Waals surface area (Å²) in [6, 6.07) is 0. The summed E-state index contributed by atoms with van der Waals surface area (Å²) in [5.74, 6) is -98.8. The van der Waals surface area contributed by atoms with Gasteiger partial charge in [-0.3, -0.25) is 0 Å². The first-order valence-electron chi connectivity index (χ1n) is 8.13. The smallest absolute Gasteiger partial charge is 0.331 e. The molecule has 0 aromatic carbocycles. The fourth-order valence-electron chi connectivity index (χ4n) is 2.08. The largest absolute Gasteiger partial charge is 0.423 e. The second-order valence-electron chi connectivity index (χ2n) is 7.12. The molecule has 0 aromatic heterocycles. The zero-order valence-corrected chi connectivity index (χ0v) is 16.6. The van der Waals surface area contributed by atoms with Gasteiger partial charge in [-0.25, -0.2) is 4.39 Å². The summed E-state index contributed by atoms with van der Waals surface area (Å²) >= 11 is 0. The maximum absolute atomic E-state index is 13.5. The van der Waals surface area contributed by atoms with Crippen LogP contribution >= 0.6 is 0 Å². The Morgan fingerprint density at radius 2 is 0.436 bits per heavy atom. The van der Waals surface area contributed by atoms with Crippen molar-refractivity contribution in [1.29, 1.82) is 0 Å². The lowest BCUT2D eigenvalue weighted by Crippen LogP contribution is -2.78. The van der Waals surface area contributed by atoms with Crippen molar-refractivity contribution < 1.29 is 115 Å². The molecule has 0 saturated heterocycles. The lowest BCUT2D eigenvalue weighted by Gasteiger charge is -2.45. The first kappa shape index (κ1) is 37.2. The molecular formula is C13H3F25O. The Balaban J connectivity index is 7.31. The second kappa shape index (κ2) is 8.85. The van der Waals surface area contributed by atoms with Gasteiger partial charge in [-0.1, -0.05) is 0 Å². The number of hydrogen-bond acceptors (Lipinski definition) is 1. The highest BCUT2D eigenvalue weighted by Gasteiger charge is 2.99. The fraction of sp³-hybridized carbons (Fsp3) is 1.00. The first-order chi connectivity index (χ1) is 16.3. The van der Waals surface area contributed by atoms with Gasteiger partial charge in [0.1, 0.15) is 0 Å². The molecule has 0 saturated carbocycles. The maximum Gasteiger partial charge on any atom is 0.423 e. The Labute approximate surface area is 194 Å². The van der Waals surface area contributed by atoms with Gasteiger partial charge in [0.15, 0.2) is 6.67 Å². The van der Waals surface area contributed by atoms with Crippen molar-refractivity contribution in [2.45, 2.75) is 71.3 Å². The predicted molar refractivity (Wildman–Crippen MR) is 67.6 cm³/mol. The number of alkyl halides is 25. The molecule has 0 aromatic rings. The molecule has 0 aliphatic heterocycles. The zero-order valence-electron chi connectivity index (χ0n) is 16.6. The van der Waals surface area contributed by atoms with E-state index in [0.717, 1.165) is 0 Å². The van der Waals surface area contributed by atoms with E-state index >= 15 is 0 Å². The third-order valence-electron chi connectivity index (χ3n) is 4.55. The van der Waals surface area contributed by atoms with E-state index in [0.29, 0.717) is 0 Å². The van der Waals surface area contributed by atoms with E-state index in [1.54, 1.807) is 0 Å². The van der Waals surface area contributed by atoms with Gasteiger partial charge >= 0.3 is 71.3 Å². The van der Waals surface area contributed by atoms with Gasteiger partial charge in [0.2, 0.25) is 0 Å². The molecule has 0 atom stereocenters. The quantitative estimate of drug-likeness (QED) is 0.217. The third kappa shape index (κ3) is 4.22. The lowest BCUT2D eigenvalue weighted by molar-refractivity contribution is -0.485. The van der Waals surface area contributed by atoms with E-state index in [9.17, 15) is 110 Å². The van der Waals surface area contributed by atoms with Crippen molar-refractivity contribution in [2.24, 2.45) is 0 Å². The highest BCUT2D eigenvalue weighted by atomic mass is 19.4. The van der Waals surface area contributed by atoms with E-state index in [2.05, 4.69) is 0 Å². The molecule has 0 aliphatic rings. The van der Waals surface area contributed by atoms with Crippen LogP contribution in [-0.4, -0.2) is 83.0 Å². The maximum atomic E-state index is 13.5. The first-order valence-corrected chi connectivity index (χ1v) is 8.13. The third-order valence-corrected chi connectivity index (χ3v) is 4.55. The topological polar surface area (TPSA) is 20.2 Å². The van der Waals surface area contributed by atoms with Crippen LogP contribution in [0.5, 0.6) is 0 Å². The molecule has 0 unspecified atom stereocenters. The van der Waals surface area contributed by atoms with Gasteiger partial charge in [-0.15, -0.1) is 0 Å². The number of hydrogen-bond donors (Lipinski definition) is 1. The van der Waals surface area contributed by atoms with Crippen molar-refractivity contribution in [3.05, 3.63) is 0 Å². The summed E-state index contributed by atoms with van der Waals surface area (Å²) in [6.07, 6.45) is -7.68. The Bertz CT molecular complexity index is 892. The molecule has 0 radical (unpaired) electrons. The van der Waals surface area contributed by atoms with Gasteiger partial charge < -0.3 is 5.11 Å². The molecule has 0 rings (SSSR count). The fourth-order valence-corrected chi connectivity index (χ4v) is 2.08. The van der Waals surface area contributed by atoms with E-state index in [4.69, 9.17) is 5.11 Å². The van der Waals surface area contributed by atoms with E-state index in [-0.39, 0.29) is 0 Å². The van der Waals surface area contributed by atoms with Gasteiger partial charge in [-0.2, -0.15) is 105 Å². The minimum Gasteiger partial charge on any atom is -0.331 e. The van der Waals surface area contributed by atoms with Gasteiger partial charge in [-0.05, 0) is 0 Å². The number of halogens is 25. The molecule has 236 valence electrons. The van der Waals surface area contributed by atoms with Crippen molar-refractivity contribution in [1.82, 2.24) is 0 Å². The van der Waals surface area contributed by atoms with Crippen LogP contribution in [0, 0.1) is 0 Å². The van der Waals surface area contributed by atoms with Crippen molar-refractivity contribution in [3.63, 3.8) is 0 Å². The van der Waals surface area contributed by atoms with E-state index in [1.807, 2.05) is 0 Å². The van der Waals surface area contributed by atoms with Crippen LogP contribution < -0.4 is 0 Å². The Hall–Kier alpha value is -1.79. The molecule has 0 heterocycles. The van der Waals surface area contributed by atoms with Crippen LogP contribution in [-0.2, 0) is 0 Å². The van der Waals surface area contributed by atoms with Crippen molar-refractivity contribution in [3.8, 4) is 0 Å². The molecule has 1 nitrogen and oxygen atoms in total. The summed E-state index contributed by atoms with van der Waals surface area (Å²) in [7, 11) is 0. The molecule has 0 fully saturated rings. The average molecular weight is 650 g/mol. The number of aliphatic hydroxyl groups is 1. The van der Waals surface area contributed by atoms with Crippen LogP contribution in [0.1, 0.15) is 0 Å². The lowest BCUT2D eigenvalue weighted by atomic mass is 9.84. The highest BCUT2D eigenvalue weighted by Crippen LogP contribution is 2.67. The molecule has 0 bridgehead atoms. The summed E-state index contributed by atoms with van der Waals surface area (Å²) < 4.78 is 326. The highest BCUT2D eigenvalue weighted by molar-refractivity contribution is 5.19.